The van der Waals surface area contributed by atoms with E-state index in [-0.39, 0.29) is 0 Å². The van der Waals surface area contributed by atoms with Crippen molar-refractivity contribution in [3.05, 3.63) is 0 Å². The van der Waals surface area contributed by atoms with Crippen LogP contribution >= 0.6 is 0 Å². The van der Waals surface area contributed by atoms with Gasteiger partial charge in [0.1, 0.15) is 0 Å². The van der Waals surface area contributed by atoms with Crippen molar-refractivity contribution in [2.75, 3.05) is 32.7 Å². The summed E-state index contributed by atoms with van der Waals surface area (Å²) in [5.74, 6) is 0.713. The average molecular weight is 241 g/mol. The summed E-state index contributed by atoms with van der Waals surface area (Å²) in [6.45, 7) is 10.0. The first-order valence-corrected chi connectivity index (χ1v) is 7.47. The molecule has 3 nitrogen and oxygen atoms in total. The lowest BCUT2D eigenvalue weighted by atomic mass is 9.84. The molecule has 0 spiro atoms. The van der Waals surface area contributed by atoms with Gasteiger partial charge in [-0.2, -0.15) is 0 Å². The lowest BCUT2D eigenvalue weighted by molar-refractivity contribution is 0.240. The molecule has 102 valence electrons. The Kier molecular flexibility index (Phi) is 7.82. The molecule has 0 heterocycles. The van der Waals surface area contributed by atoms with Crippen molar-refractivity contribution in [2.45, 2.75) is 52.0 Å². The van der Waals surface area contributed by atoms with Gasteiger partial charge in [-0.05, 0) is 44.8 Å². The molecule has 17 heavy (non-hydrogen) atoms. The molecule has 0 aromatic heterocycles. The van der Waals surface area contributed by atoms with Gasteiger partial charge in [0.2, 0.25) is 0 Å². The van der Waals surface area contributed by atoms with E-state index in [9.17, 15) is 0 Å². The van der Waals surface area contributed by atoms with Crippen molar-refractivity contribution in [3.8, 4) is 0 Å². The molecule has 2 unspecified atom stereocenters. The molecule has 0 aliphatic heterocycles. The maximum atomic E-state index is 5.85. The summed E-state index contributed by atoms with van der Waals surface area (Å²) in [7, 11) is 0. The van der Waals surface area contributed by atoms with E-state index in [1.807, 2.05) is 0 Å². The van der Waals surface area contributed by atoms with E-state index in [1.54, 1.807) is 0 Å². The number of nitrogens with zero attached hydrogens (tertiary/aromatic N) is 1. The molecule has 1 rings (SSSR count). The quantitative estimate of drug-likeness (QED) is 0.681. The van der Waals surface area contributed by atoms with E-state index < -0.39 is 0 Å². The van der Waals surface area contributed by atoms with Gasteiger partial charge in [0, 0.05) is 19.1 Å². The van der Waals surface area contributed by atoms with Crippen molar-refractivity contribution < 1.29 is 0 Å². The number of nitrogens with two attached hydrogens (primary N) is 1. The van der Waals surface area contributed by atoms with Crippen LogP contribution in [0.4, 0.5) is 0 Å². The molecule has 0 aromatic rings. The fraction of sp³-hybridized carbons (Fsp3) is 1.00. The summed E-state index contributed by atoms with van der Waals surface area (Å²) in [5, 5.41) is 3.72. The first-order valence-electron chi connectivity index (χ1n) is 7.47. The highest BCUT2D eigenvalue weighted by atomic mass is 15.1. The Labute approximate surface area is 107 Å². The molecule has 0 amide bonds. The fourth-order valence-corrected chi connectivity index (χ4v) is 2.91. The average Bonchev–Trinajstić information content (AvgIpc) is 2.38. The third-order valence-corrected chi connectivity index (χ3v) is 4.03. The Morgan fingerprint density at radius 1 is 1.18 bits per heavy atom. The third kappa shape index (κ3) is 5.36. The van der Waals surface area contributed by atoms with Gasteiger partial charge in [-0.25, -0.2) is 0 Å². The Hall–Kier alpha value is -0.120. The molecule has 3 N–H and O–H groups in total. The Morgan fingerprint density at radius 3 is 2.59 bits per heavy atom. The number of hydrogen-bond acceptors (Lipinski definition) is 3. The molecule has 1 aliphatic carbocycles. The fourth-order valence-electron chi connectivity index (χ4n) is 2.91. The lowest BCUT2D eigenvalue weighted by Crippen LogP contribution is -2.44. The molecule has 1 aliphatic rings. The minimum absolute atomic E-state index is 0.675. The molecule has 0 saturated heterocycles. The molecule has 0 aromatic carbocycles. The van der Waals surface area contributed by atoms with Gasteiger partial charge in [0.05, 0.1) is 0 Å². The van der Waals surface area contributed by atoms with Crippen LogP contribution in [0.5, 0.6) is 0 Å². The zero-order chi connectivity index (χ0) is 12.5. The highest BCUT2D eigenvalue weighted by molar-refractivity contribution is 4.81. The second-order valence-corrected chi connectivity index (χ2v) is 5.28. The highest BCUT2D eigenvalue weighted by Crippen LogP contribution is 2.23. The van der Waals surface area contributed by atoms with Crippen molar-refractivity contribution in [3.63, 3.8) is 0 Å². The summed E-state index contributed by atoms with van der Waals surface area (Å²) in [6, 6.07) is 0.675. The first kappa shape index (κ1) is 14.9. The van der Waals surface area contributed by atoms with Crippen LogP contribution in [0.1, 0.15) is 46.0 Å². The molecule has 3 heteroatoms. The topological polar surface area (TPSA) is 41.3 Å². The monoisotopic (exact) mass is 241 g/mol. The molecule has 0 radical (unpaired) electrons. The molecule has 1 fully saturated rings. The van der Waals surface area contributed by atoms with E-state index >= 15 is 0 Å². The minimum Gasteiger partial charge on any atom is -0.330 e. The van der Waals surface area contributed by atoms with Crippen LogP contribution in [0, 0.1) is 5.92 Å². The molecular weight excluding hydrogens is 210 g/mol. The molecular formula is C14H31N3. The minimum atomic E-state index is 0.675. The van der Waals surface area contributed by atoms with Crippen LogP contribution in [0.3, 0.4) is 0 Å². The summed E-state index contributed by atoms with van der Waals surface area (Å²) in [4.78, 5) is 2.52. The van der Waals surface area contributed by atoms with E-state index in [2.05, 4.69) is 24.1 Å². The standard InChI is InChI=1S/C14H31N3/c1-3-10-17(4-2)11-9-16-14-8-6-5-7-13(14)12-15/h13-14,16H,3-12,15H2,1-2H3. The maximum Gasteiger partial charge on any atom is 0.0108 e. The van der Waals surface area contributed by atoms with E-state index in [0.717, 1.165) is 13.1 Å². The van der Waals surface area contributed by atoms with Crippen LogP contribution in [0.25, 0.3) is 0 Å². The van der Waals surface area contributed by atoms with Crippen molar-refractivity contribution >= 4 is 0 Å². The van der Waals surface area contributed by atoms with E-state index in [0.29, 0.717) is 12.0 Å². The second-order valence-electron chi connectivity index (χ2n) is 5.28. The molecule has 2 atom stereocenters. The SMILES string of the molecule is CCCN(CC)CCNC1CCCCC1CN. The second kappa shape index (κ2) is 8.90. The van der Waals surface area contributed by atoms with E-state index in [4.69, 9.17) is 5.73 Å². The number of nitrogens with one attached hydrogen (secondary N) is 1. The zero-order valence-electron chi connectivity index (χ0n) is 11.8. The summed E-state index contributed by atoms with van der Waals surface area (Å²) in [6.07, 6.45) is 6.64. The van der Waals surface area contributed by atoms with Crippen molar-refractivity contribution in [1.82, 2.24) is 10.2 Å². The number of hydrogen-bond donors (Lipinski definition) is 2. The largest absolute Gasteiger partial charge is 0.330 e. The third-order valence-electron chi connectivity index (χ3n) is 4.03. The smallest absolute Gasteiger partial charge is 0.0108 e. The molecule has 0 bridgehead atoms. The Bertz CT molecular complexity index is 184. The van der Waals surface area contributed by atoms with Crippen LogP contribution in [0.15, 0.2) is 0 Å². The van der Waals surface area contributed by atoms with Gasteiger partial charge in [-0.1, -0.05) is 26.7 Å². The van der Waals surface area contributed by atoms with Crippen LogP contribution in [0.2, 0.25) is 0 Å². The first-order chi connectivity index (χ1) is 8.31. The Balaban J connectivity index is 2.19. The summed E-state index contributed by atoms with van der Waals surface area (Å²) >= 11 is 0. The highest BCUT2D eigenvalue weighted by Gasteiger charge is 2.23. The predicted molar refractivity (Wildman–Crippen MR) is 75.2 cm³/mol. The van der Waals surface area contributed by atoms with Gasteiger partial charge >= 0.3 is 0 Å². The van der Waals surface area contributed by atoms with Crippen LogP contribution < -0.4 is 11.1 Å². The van der Waals surface area contributed by atoms with E-state index in [1.165, 1.54) is 51.7 Å². The van der Waals surface area contributed by atoms with Crippen LogP contribution in [-0.4, -0.2) is 43.7 Å². The van der Waals surface area contributed by atoms with Crippen molar-refractivity contribution in [1.29, 1.82) is 0 Å². The van der Waals surface area contributed by atoms with Gasteiger partial charge < -0.3 is 16.0 Å². The normalized spacial score (nSPS) is 25.4. The van der Waals surface area contributed by atoms with Crippen molar-refractivity contribution in [2.24, 2.45) is 11.7 Å². The van der Waals surface area contributed by atoms with Gasteiger partial charge in [-0.3, -0.25) is 0 Å². The predicted octanol–water partition coefficient (Wildman–Crippen LogP) is 1.83. The van der Waals surface area contributed by atoms with Crippen LogP contribution in [-0.2, 0) is 0 Å². The number of rotatable bonds is 8. The summed E-state index contributed by atoms with van der Waals surface area (Å²) < 4.78 is 0. The Morgan fingerprint density at radius 2 is 1.94 bits per heavy atom. The maximum absolute atomic E-state index is 5.85. The zero-order valence-corrected chi connectivity index (χ0v) is 11.8. The van der Waals surface area contributed by atoms with Gasteiger partial charge in [0.15, 0.2) is 0 Å². The summed E-state index contributed by atoms with van der Waals surface area (Å²) in [5.41, 5.74) is 5.85. The van der Waals surface area contributed by atoms with Gasteiger partial charge in [-0.15, -0.1) is 0 Å². The molecule has 1 saturated carbocycles. The number of likely N-dealkylation sites (N-methyl/N-ethyl adjacent to an activating group) is 1. The van der Waals surface area contributed by atoms with Gasteiger partial charge in [0.25, 0.3) is 0 Å². The lowest BCUT2D eigenvalue weighted by Gasteiger charge is -2.32.